The second kappa shape index (κ2) is 8.65. The summed E-state index contributed by atoms with van der Waals surface area (Å²) < 4.78 is 11.3. The first-order valence-corrected chi connectivity index (χ1v) is 8.06. The van der Waals surface area contributed by atoms with E-state index in [9.17, 15) is 5.26 Å². The summed E-state index contributed by atoms with van der Waals surface area (Å²) >= 11 is 0. The highest BCUT2D eigenvalue weighted by atomic mass is 16.5. The van der Waals surface area contributed by atoms with Crippen molar-refractivity contribution in [2.45, 2.75) is 46.0 Å². The van der Waals surface area contributed by atoms with Gasteiger partial charge in [0.2, 0.25) is 0 Å². The molecule has 0 bridgehead atoms. The van der Waals surface area contributed by atoms with E-state index in [1.54, 1.807) is 0 Å². The van der Waals surface area contributed by atoms with Gasteiger partial charge in [0.25, 0.3) is 0 Å². The molecule has 1 aromatic carbocycles. The SMILES string of the molecule is CCOc1cc(OCC)cc(C(C#N)(CCCN)C(C)C)c1. The first kappa shape index (κ1) is 18.3. The Balaban J connectivity index is 3.36. The fourth-order valence-electron chi connectivity index (χ4n) is 2.73. The number of hydrogen-bond donors (Lipinski definition) is 1. The van der Waals surface area contributed by atoms with Crippen LogP contribution in [0.5, 0.6) is 11.5 Å². The number of nitrogens with two attached hydrogens (primary N) is 1. The normalized spacial score (nSPS) is 13.5. The third-order valence-corrected chi connectivity index (χ3v) is 3.98. The largest absolute Gasteiger partial charge is 0.494 e. The zero-order valence-corrected chi connectivity index (χ0v) is 14.2. The Bertz CT molecular complexity index is 484. The van der Waals surface area contributed by atoms with Crippen molar-refractivity contribution in [2.24, 2.45) is 11.7 Å². The molecule has 4 nitrogen and oxygen atoms in total. The molecule has 22 heavy (non-hydrogen) atoms. The Morgan fingerprint density at radius 1 is 1.14 bits per heavy atom. The molecule has 1 unspecified atom stereocenters. The van der Waals surface area contributed by atoms with Crippen molar-refractivity contribution in [3.63, 3.8) is 0 Å². The number of rotatable bonds is 9. The Morgan fingerprint density at radius 2 is 1.68 bits per heavy atom. The van der Waals surface area contributed by atoms with Gasteiger partial charge in [-0.15, -0.1) is 0 Å². The molecule has 0 fully saturated rings. The highest BCUT2D eigenvalue weighted by Gasteiger charge is 2.36. The minimum atomic E-state index is -0.571. The highest BCUT2D eigenvalue weighted by molar-refractivity contribution is 5.45. The molecule has 122 valence electrons. The van der Waals surface area contributed by atoms with Crippen molar-refractivity contribution in [3.8, 4) is 17.6 Å². The summed E-state index contributed by atoms with van der Waals surface area (Å²) in [7, 11) is 0. The fourth-order valence-corrected chi connectivity index (χ4v) is 2.73. The van der Waals surface area contributed by atoms with Gasteiger partial charge in [0.05, 0.1) is 24.7 Å². The summed E-state index contributed by atoms with van der Waals surface area (Å²) in [5.41, 5.74) is 6.05. The van der Waals surface area contributed by atoms with Gasteiger partial charge >= 0.3 is 0 Å². The molecule has 0 aliphatic heterocycles. The van der Waals surface area contributed by atoms with Gasteiger partial charge in [-0.05, 0) is 56.8 Å². The van der Waals surface area contributed by atoms with Crippen LogP contribution in [0.4, 0.5) is 0 Å². The van der Waals surface area contributed by atoms with Crippen LogP contribution < -0.4 is 15.2 Å². The maximum Gasteiger partial charge on any atom is 0.123 e. The van der Waals surface area contributed by atoms with Crippen LogP contribution in [0.2, 0.25) is 0 Å². The smallest absolute Gasteiger partial charge is 0.123 e. The van der Waals surface area contributed by atoms with Crippen LogP contribution in [0.1, 0.15) is 46.1 Å². The standard InChI is InChI=1S/C18H28N2O2/c1-5-21-16-10-15(11-17(12-16)22-6-2)18(13-20,14(3)4)8-7-9-19/h10-12,14H,5-9,19H2,1-4H3. The number of nitrogens with zero attached hydrogens (tertiary/aromatic N) is 1. The van der Waals surface area contributed by atoms with E-state index in [0.29, 0.717) is 19.8 Å². The molecule has 0 aliphatic rings. The number of benzene rings is 1. The molecule has 1 atom stereocenters. The van der Waals surface area contributed by atoms with E-state index in [-0.39, 0.29) is 5.92 Å². The van der Waals surface area contributed by atoms with E-state index in [4.69, 9.17) is 15.2 Å². The lowest BCUT2D eigenvalue weighted by molar-refractivity contribution is 0.315. The lowest BCUT2D eigenvalue weighted by Crippen LogP contribution is -2.31. The van der Waals surface area contributed by atoms with Crippen LogP contribution >= 0.6 is 0 Å². The van der Waals surface area contributed by atoms with E-state index in [2.05, 4.69) is 19.9 Å². The van der Waals surface area contributed by atoms with E-state index < -0.39 is 5.41 Å². The van der Waals surface area contributed by atoms with Gasteiger partial charge in [0, 0.05) is 6.07 Å². The van der Waals surface area contributed by atoms with Crippen molar-refractivity contribution >= 4 is 0 Å². The third-order valence-electron chi connectivity index (χ3n) is 3.98. The Morgan fingerprint density at radius 3 is 2.05 bits per heavy atom. The van der Waals surface area contributed by atoms with Crippen LogP contribution in [0.15, 0.2) is 18.2 Å². The van der Waals surface area contributed by atoms with E-state index in [0.717, 1.165) is 29.9 Å². The molecule has 0 aliphatic carbocycles. The van der Waals surface area contributed by atoms with Crippen molar-refractivity contribution < 1.29 is 9.47 Å². The van der Waals surface area contributed by atoms with Gasteiger partial charge in [-0.2, -0.15) is 5.26 Å². The summed E-state index contributed by atoms with van der Waals surface area (Å²) in [6.45, 7) is 9.79. The number of ether oxygens (including phenoxy) is 2. The topological polar surface area (TPSA) is 68.3 Å². The predicted octanol–water partition coefficient (Wildman–Crippen LogP) is 3.64. The molecular formula is C18H28N2O2. The zero-order chi connectivity index (χ0) is 16.6. The average molecular weight is 304 g/mol. The molecule has 0 heterocycles. The van der Waals surface area contributed by atoms with Gasteiger partial charge in [-0.3, -0.25) is 0 Å². The van der Waals surface area contributed by atoms with E-state index in [1.807, 2.05) is 32.0 Å². The van der Waals surface area contributed by atoms with Gasteiger partial charge in [-0.1, -0.05) is 13.8 Å². The second-order valence-corrected chi connectivity index (χ2v) is 5.69. The molecule has 0 aromatic heterocycles. The quantitative estimate of drug-likeness (QED) is 0.756. The summed E-state index contributed by atoms with van der Waals surface area (Å²) in [6.07, 6.45) is 1.55. The molecule has 1 rings (SSSR count). The van der Waals surface area contributed by atoms with Crippen molar-refractivity contribution in [1.82, 2.24) is 0 Å². The molecule has 4 heteroatoms. The number of hydrogen-bond acceptors (Lipinski definition) is 4. The molecule has 0 amide bonds. The number of nitriles is 1. The molecule has 0 radical (unpaired) electrons. The first-order valence-electron chi connectivity index (χ1n) is 8.06. The van der Waals surface area contributed by atoms with Crippen LogP contribution in [-0.4, -0.2) is 19.8 Å². The van der Waals surface area contributed by atoms with Gasteiger partial charge in [0.1, 0.15) is 11.5 Å². The molecule has 0 saturated heterocycles. The average Bonchev–Trinajstić information content (AvgIpc) is 2.49. The molecule has 0 spiro atoms. The highest BCUT2D eigenvalue weighted by Crippen LogP contribution is 2.39. The predicted molar refractivity (Wildman–Crippen MR) is 89.2 cm³/mol. The lowest BCUT2D eigenvalue weighted by Gasteiger charge is -2.32. The van der Waals surface area contributed by atoms with Crippen LogP contribution in [0, 0.1) is 17.2 Å². The van der Waals surface area contributed by atoms with Gasteiger partial charge < -0.3 is 15.2 Å². The van der Waals surface area contributed by atoms with Gasteiger partial charge in [-0.25, -0.2) is 0 Å². The van der Waals surface area contributed by atoms with Crippen LogP contribution in [0.25, 0.3) is 0 Å². The Hall–Kier alpha value is -1.73. The van der Waals surface area contributed by atoms with Crippen LogP contribution in [-0.2, 0) is 5.41 Å². The Labute approximate surface area is 134 Å². The Kier molecular flexibility index (Phi) is 7.20. The lowest BCUT2D eigenvalue weighted by atomic mass is 9.69. The van der Waals surface area contributed by atoms with Crippen LogP contribution in [0.3, 0.4) is 0 Å². The zero-order valence-electron chi connectivity index (χ0n) is 14.2. The maximum absolute atomic E-state index is 9.90. The second-order valence-electron chi connectivity index (χ2n) is 5.69. The summed E-state index contributed by atoms with van der Waals surface area (Å²) in [6, 6.07) is 8.34. The van der Waals surface area contributed by atoms with Crippen molar-refractivity contribution in [3.05, 3.63) is 23.8 Å². The summed E-state index contributed by atoms with van der Waals surface area (Å²) in [5.74, 6) is 1.67. The molecule has 0 saturated carbocycles. The monoisotopic (exact) mass is 304 g/mol. The summed E-state index contributed by atoms with van der Waals surface area (Å²) in [5, 5.41) is 9.90. The minimum Gasteiger partial charge on any atom is -0.494 e. The molecule has 2 N–H and O–H groups in total. The summed E-state index contributed by atoms with van der Waals surface area (Å²) in [4.78, 5) is 0. The molecule has 1 aromatic rings. The molecular weight excluding hydrogens is 276 g/mol. The van der Waals surface area contributed by atoms with E-state index in [1.165, 1.54) is 0 Å². The van der Waals surface area contributed by atoms with Gasteiger partial charge in [0.15, 0.2) is 0 Å². The first-order chi connectivity index (χ1) is 10.5. The van der Waals surface area contributed by atoms with Crippen molar-refractivity contribution in [2.75, 3.05) is 19.8 Å². The third kappa shape index (κ3) is 4.14. The minimum absolute atomic E-state index is 0.176. The maximum atomic E-state index is 9.90. The van der Waals surface area contributed by atoms with E-state index >= 15 is 0 Å². The fraction of sp³-hybridized carbons (Fsp3) is 0.611. The van der Waals surface area contributed by atoms with Crippen molar-refractivity contribution in [1.29, 1.82) is 5.26 Å².